The summed E-state index contributed by atoms with van der Waals surface area (Å²) in [6.45, 7) is 2.27. The van der Waals surface area contributed by atoms with E-state index in [0.717, 1.165) is 5.56 Å². The third-order valence-corrected chi connectivity index (χ3v) is 2.58. The minimum Gasteiger partial charge on any atom is -0.456 e. The molecular weight excluding hydrogens is 238 g/mol. The number of aryl methyl sites for hydroxylation is 1. The molecule has 0 aliphatic heterocycles. The van der Waals surface area contributed by atoms with Gasteiger partial charge in [-0.05, 0) is 18.6 Å². The van der Waals surface area contributed by atoms with Crippen LogP contribution in [0.3, 0.4) is 0 Å². The number of aromatic nitrogens is 1. The number of carbonyl (C=O) groups excluding carboxylic acids is 1. The topological polar surface area (TPSA) is 42.1 Å². The molecule has 1 N–H and O–H groups in total. The third kappa shape index (κ3) is 3.11. The van der Waals surface area contributed by atoms with Crippen molar-refractivity contribution in [3.05, 3.63) is 58.4 Å². The lowest BCUT2D eigenvalue weighted by Gasteiger charge is -2.03. The molecule has 0 aliphatic carbocycles. The normalized spacial score (nSPS) is 10.2. The molecule has 1 heterocycles. The van der Waals surface area contributed by atoms with E-state index in [4.69, 9.17) is 16.3 Å². The number of benzene rings is 1. The van der Waals surface area contributed by atoms with Crippen molar-refractivity contribution in [2.45, 2.75) is 13.5 Å². The van der Waals surface area contributed by atoms with Crippen LogP contribution in [-0.2, 0) is 11.3 Å². The van der Waals surface area contributed by atoms with Gasteiger partial charge in [0.2, 0.25) is 0 Å². The van der Waals surface area contributed by atoms with Gasteiger partial charge in [0.25, 0.3) is 0 Å². The summed E-state index contributed by atoms with van der Waals surface area (Å²) >= 11 is 5.70. The minimum atomic E-state index is -0.405. The average Bonchev–Trinajstić information content (AvgIpc) is 2.75. The maximum atomic E-state index is 11.6. The van der Waals surface area contributed by atoms with E-state index in [2.05, 4.69) is 4.98 Å². The van der Waals surface area contributed by atoms with Crippen molar-refractivity contribution in [1.29, 1.82) is 0 Å². The lowest BCUT2D eigenvalue weighted by atomic mass is 10.2. The highest BCUT2D eigenvalue weighted by Gasteiger charge is 2.09. The molecule has 0 bridgehead atoms. The van der Waals surface area contributed by atoms with Crippen LogP contribution >= 0.6 is 11.6 Å². The molecule has 2 aromatic rings. The van der Waals surface area contributed by atoms with Gasteiger partial charge in [-0.3, -0.25) is 0 Å². The molecule has 0 unspecified atom stereocenters. The number of aromatic amines is 1. The predicted octanol–water partition coefficient (Wildman–Crippen LogP) is 3.33. The Bertz CT molecular complexity index is 516. The van der Waals surface area contributed by atoms with Crippen LogP contribution in [-0.4, -0.2) is 11.0 Å². The largest absolute Gasteiger partial charge is 0.456 e. The van der Waals surface area contributed by atoms with Crippen LogP contribution in [0.2, 0.25) is 5.02 Å². The highest BCUT2D eigenvalue weighted by molar-refractivity contribution is 6.30. The van der Waals surface area contributed by atoms with E-state index in [0.29, 0.717) is 10.7 Å². The molecule has 1 aromatic heterocycles. The van der Waals surface area contributed by atoms with E-state index in [1.807, 2.05) is 31.2 Å². The Morgan fingerprint density at radius 3 is 2.65 bits per heavy atom. The Morgan fingerprint density at radius 1 is 1.35 bits per heavy atom. The van der Waals surface area contributed by atoms with Crippen LogP contribution < -0.4 is 0 Å². The molecule has 0 saturated heterocycles. The maximum Gasteiger partial charge on any atom is 0.355 e. The average molecular weight is 250 g/mol. The molecule has 0 aliphatic rings. The first kappa shape index (κ1) is 11.7. The fourth-order valence-electron chi connectivity index (χ4n) is 1.40. The lowest BCUT2D eigenvalue weighted by Crippen LogP contribution is -2.05. The summed E-state index contributed by atoms with van der Waals surface area (Å²) in [6.07, 6.45) is 1.55. The number of nitrogens with one attached hydrogen (secondary N) is 1. The SMILES string of the molecule is Cc1ccc(COC(=O)c2cc(Cl)c[nH]2)cc1. The van der Waals surface area contributed by atoms with E-state index in [-0.39, 0.29) is 6.61 Å². The first-order chi connectivity index (χ1) is 8.15. The van der Waals surface area contributed by atoms with Gasteiger partial charge in [0, 0.05) is 6.20 Å². The lowest BCUT2D eigenvalue weighted by molar-refractivity contribution is 0.0466. The van der Waals surface area contributed by atoms with Crippen molar-refractivity contribution in [2.75, 3.05) is 0 Å². The number of halogens is 1. The molecule has 3 nitrogen and oxygen atoms in total. The Hall–Kier alpha value is -1.74. The van der Waals surface area contributed by atoms with Gasteiger partial charge in [-0.25, -0.2) is 4.79 Å². The molecular formula is C13H12ClNO2. The number of H-pyrrole nitrogens is 1. The van der Waals surface area contributed by atoms with Gasteiger partial charge in [0.1, 0.15) is 12.3 Å². The zero-order valence-corrected chi connectivity index (χ0v) is 10.1. The summed E-state index contributed by atoms with van der Waals surface area (Å²) in [4.78, 5) is 14.3. The molecule has 0 amide bonds. The van der Waals surface area contributed by atoms with Crippen LogP contribution in [0.4, 0.5) is 0 Å². The Kier molecular flexibility index (Phi) is 3.49. The molecule has 1 aromatic carbocycles. The van der Waals surface area contributed by atoms with Gasteiger partial charge in [0.15, 0.2) is 0 Å². The Morgan fingerprint density at radius 2 is 2.06 bits per heavy atom. The van der Waals surface area contributed by atoms with Crippen molar-refractivity contribution in [2.24, 2.45) is 0 Å². The van der Waals surface area contributed by atoms with Crippen molar-refractivity contribution in [3.8, 4) is 0 Å². The van der Waals surface area contributed by atoms with Crippen LogP contribution in [0, 0.1) is 6.92 Å². The van der Waals surface area contributed by atoms with Crippen LogP contribution in [0.1, 0.15) is 21.6 Å². The summed E-state index contributed by atoms with van der Waals surface area (Å²) < 4.78 is 5.14. The highest BCUT2D eigenvalue weighted by atomic mass is 35.5. The molecule has 0 saturated carbocycles. The van der Waals surface area contributed by atoms with Gasteiger partial charge < -0.3 is 9.72 Å². The quantitative estimate of drug-likeness (QED) is 0.848. The van der Waals surface area contributed by atoms with Crippen molar-refractivity contribution in [3.63, 3.8) is 0 Å². The number of esters is 1. The van der Waals surface area contributed by atoms with Crippen LogP contribution in [0.25, 0.3) is 0 Å². The smallest absolute Gasteiger partial charge is 0.355 e. The Balaban J connectivity index is 1.94. The van der Waals surface area contributed by atoms with E-state index < -0.39 is 5.97 Å². The molecule has 0 radical (unpaired) electrons. The molecule has 88 valence electrons. The second-order valence-electron chi connectivity index (χ2n) is 3.79. The van der Waals surface area contributed by atoms with Gasteiger partial charge in [-0.15, -0.1) is 0 Å². The van der Waals surface area contributed by atoms with Crippen molar-refractivity contribution < 1.29 is 9.53 Å². The van der Waals surface area contributed by atoms with Gasteiger partial charge in [-0.1, -0.05) is 41.4 Å². The minimum absolute atomic E-state index is 0.260. The van der Waals surface area contributed by atoms with E-state index >= 15 is 0 Å². The van der Waals surface area contributed by atoms with Gasteiger partial charge >= 0.3 is 5.97 Å². The molecule has 4 heteroatoms. The fourth-order valence-corrected chi connectivity index (χ4v) is 1.56. The highest BCUT2D eigenvalue weighted by Crippen LogP contribution is 2.11. The first-order valence-electron chi connectivity index (χ1n) is 5.22. The molecule has 2 rings (SSSR count). The number of hydrogen-bond acceptors (Lipinski definition) is 2. The summed E-state index contributed by atoms with van der Waals surface area (Å²) in [5.41, 5.74) is 2.50. The summed E-state index contributed by atoms with van der Waals surface area (Å²) in [5, 5.41) is 0.493. The zero-order valence-electron chi connectivity index (χ0n) is 9.37. The van der Waals surface area contributed by atoms with Gasteiger partial charge in [-0.2, -0.15) is 0 Å². The van der Waals surface area contributed by atoms with Crippen LogP contribution in [0.5, 0.6) is 0 Å². The monoisotopic (exact) mass is 249 g/mol. The molecule has 0 fully saturated rings. The van der Waals surface area contributed by atoms with Gasteiger partial charge in [0.05, 0.1) is 5.02 Å². The zero-order chi connectivity index (χ0) is 12.3. The van der Waals surface area contributed by atoms with Crippen molar-refractivity contribution >= 4 is 17.6 Å². The molecule has 0 spiro atoms. The second kappa shape index (κ2) is 5.06. The number of carbonyl (C=O) groups is 1. The summed E-state index contributed by atoms with van der Waals surface area (Å²) in [7, 11) is 0. The molecule has 17 heavy (non-hydrogen) atoms. The number of hydrogen-bond donors (Lipinski definition) is 1. The van der Waals surface area contributed by atoms with Crippen LogP contribution in [0.15, 0.2) is 36.5 Å². The second-order valence-corrected chi connectivity index (χ2v) is 4.23. The third-order valence-electron chi connectivity index (χ3n) is 2.36. The number of rotatable bonds is 3. The van der Waals surface area contributed by atoms with E-state index in [9.17, 15) is 4.79 Å². The molecule has 0 atom stereocenters. The standard InChI is InChI=1S/C13H12ClNO2/c1-9-2-4-10(5-3-9)8-17-13(16)12-6-11(14)7-15-12/h2-7,15H,8H2,1H3. The van der Waals surface area contributed by atoms with Crippen molar-refractivity contribution in [1.82, 2.24) is 4.98 Å². The van der Waals surface area contributed by atoms with E-state index in [1.165, 1.54) is 5.56 Å². The number of ether oxygens (including phenoxy) is 1. The summed E-state index contributed by atoms with van der Waals surface area (Å²) in [5.74, 6) is -0.405. The maximum absolute atomic E-state index is 11.6. The predicted molar refractivity (Wildman–Crippen MR) is 66.1 cm³/mol. The first-order valence-corrected chi connectivity index (χ1v) is 5.59. The fraction of sp³-hybridized carbons (Fsp3) is 0.154. The van der Waals surface area contributed by atoms with E-state index in [1.54, 1.807) is 12.3 Å². The summed E-state index contributed by atoms with van der Waals surface area (Å²) in [6, 6.07) is 9.37. The Labute approximate surface area is 104 Å².